The summed E-state index contributed by atoms with van der Waals surface area (Å²) in [6, 6.07) is 8.84. The van der Waals surface area contributed by atoms with E-state index in [1.807, 2.05) is 32.0 Å². The molecule has 0 saturated carbocycles. The highest BCUT2D eigenvalue weighted by molar-refractivity contribution is 5.89. The van der Waals surface area contributed by atoms with Crippen molar-refractivity contribution in [2.24, 2.45) is 0 Å². The van der Waals surface area contributed by atoms with Crippen molar-refractivity contribution in [3.63, 3.8) is 0 Å². The maximum atomic E-state index is 13.3. The molecule has 0 amide bonds. The summed E-state index contributed by atoms with van der Waals surface area (Å²) < 4.78 is 11.6. The standard InChI is InChI=1S/C24H26N2O5/c1-14-15(2)22-19(23(28)26(13-25-22)20-8-9-31-12-21(20)27)11-18(14)10-16-4-6-17(7-5-16)24(29)30-3/h4-7,11,13,20-21,27H,8-10,12H2,1-3H3/t20-,21-/m0/s1. The van der Waals surface area contributed by atoms with Crippen LogP contribution in [0.1, 0.15) is 45.1 Å². The Balaban J connectivity index is 1.74. The molecule has 1 aromatic heterocycles. The average molecular weight is 422 g/mol. The minimum atomic E-state index is -0.731. The van der Waals surface area contributed by atoms with Crippen LogP contribution in [0.5, 0.6) is 0 Å². The molecule has 31 heavy (non-hydrogen) atoms. The Morgan fingerprint density at radius 3 is 2.68 bits per heavy atom. The predicted molar refractivity (Wildman–Crippen MR) is 117 cm³/mol. The number of fused-ring (bicyclic) bond motifs is 1. The summed E-state index contributed by atoms with van der Waals surface area (Å²) in [7, 11) is 1.36. The molecule has 3 aromatic rings. The third-order valence-corrected chi connectivity index (χ3v) is 6.17. The van der Waals surface area contributed by atoms with Crippen molar-refractivity contribution >= 4 is 16.9 Å². The molecule has 2 aromatic carbocycles. The van der Waals surface area contributed by atoms with Crippen molar-refractivity contribution in [3.05, 3.63) is 74.8 Å². The maximum absolute atomic E-state index is 13.3. The molecule has 1 aliphatic heterocycles. The zero-order valence-corrected chi connectivity index (χ0v) is 17.9. The number of carbonyl (C=O) groups is 1. The van der Waals surface area contributed by atoms with Crippen LogP contribution < -0.4 is 5.56 Å². The molecule has 4 rings (SSSR count). The number of rotatable bonds is 4. The van der Waals surface area contributed by atoms with Gasteiger partial charge < -0.3 is 14.6 Å². The molecule has 1 aliphatic rings. The Kier molecular flexibility index (Phi) is 5.89. The third-order valence-electron chi connectivity index (χ3n) is 6.17. The molecular formula is C24H26N2O5. The zero-order chi connectivity index (χ0) is 22.1. The van der Waals surface area contributed by atoms with Gasteiger partial charge in [0.05, 0.1) is 48.7 Å². The van der Waals surface area contributed by atoms with Crippen LogP contribution in [0.4, 0.5) is 0 Å². The molecule has 7 nitrogen and oxygen atoms in total. The van der Waals surface area contributed by atoms with Crippen LogP contribution in [0.3, 0.4) is 0 Å². The fourth-order valence-corrected chi connectivity index (χ4v) is 4.16. The summed E-state index contributed by atoms with van der Waals surface area (Å²) in [5, 5.41) is 10.8. The summed E-state index contributed by atoms with van der Waals surface area (Å²) in [5.41, 5.74) is 5.14. The number of aryl methyl sites for hydroxylation is 1. The summed E-state index contributed by atoms with van der Waals surface area (Å²) in [4.78, 5) is 29.5. The van der Waals surface area contributed by atoms with Crippen molar-refractivity contribution in [1.82, 2.24) is 9.55 Å². The van der Waals surface area contributed by atoms with Gasteiger partial charge in [-0.3, -0.25) is 9.36 Å². The van der Waals surface area contributed by atoms with Gasteiger partial charge in [0, 0.05) is 6.61 Å². The number of nitrogens with zero attached hydrogens (tertiary/aromatic N) is 2. The molecule has 1 fully saturated rings. The smallest absolute Gasteiger partial charge is 0.337 e. The Hall–Kier alpha value is -3.03. The van der Waals surface area contributed by atoms with E-state index in [-0.39, 0.29) is 24.2 Å². The number of ether oxygens (including phenoxy) is 2. The van der Waals surface area contributed by atoms with Gasteiger partial charge in [0.15, 0.2) is 0 Å². The van der Waals surface area contributed by atoms with Crippen molar-refractivity contribution in [2.75, 3.05) is 20.3 Å². The number of methoxy groups -OCH3 is 1. The van der Waals surface area contributed by atoms with E-state index in [9.17, 15) is 14.7 Å². The van der Waals surface area contributed by atoms with Gasteiger partial charge in [-0.15, -0.1) is 0 Å². The van der Waals surface area contributed by atoms with Crippen LogP contribution >= 0.6 is 0 Å². The van der Waals surface area contributed by atoms with Crippen molar-refractivity contribution in [1.29, 1.82) is 0 Å². The molecule has 2 atom stereocenters. The fourth-order valence-electron chi connectivity index (χ4n) is 4.16. The van der Waals surface area contributed by atoms with Crippen LogP contribution in [-0.2, 0) is 15.9 Å². The molecule has 7 heteroatoms. The van der Waals surface area contributed by atoms with Crippen LogP contribution in [-0.4, -0.2) is 47.1 Å². The third kappa shape index (κ3) is 3.98. The van der Waals surface area contributed by atoms with Gasteiger partial charge >= 0.3 is 5.97 Å². The minimum Gasteiger partial charge on any atom is -0.465 e. The number of hydrogen-bond donors (Lipinski definition) is 1. The van der Waals surface area contributed by atoms with Gasteiger partial charge in [-0.1, -0.05) is 12.1 Å². The fraction of sp³-hybridized carbons (Fsp3) is 0.375. The van der Waals surface area contributed by atoms with Gasteiger partial charge in [-0.25, -0.2) is 9.78 Å². The first kappa shape index (κ1) is 21.2. The molecule has 0 radical (unpaired) electrons. The van der Waals surface area contributed by atoms with E-state index in [0.717, 1.165) is 22.3 Å². The second-order valence-electron chi connectivity index (χ2n) is 8.00. The number of benzene rings is 2. The van der Waals surface area contributed by atoms with Gasteiger partial charge in [0.1, 0.15) is 0 Å². The second kappa shape index (κ2) is 8.61. The van der Waals surface area contributed by atoms with Gasteiger partial charge in [0.2, 0.25) is 0 Å². The van der Waals surface area contributed by atoms with Gasteiger partial charge in [-0.05, 0) is 67.1 Å². The molecule has 0 bridgehead atoms. The van der Waals surface area contributed by atoms with E-state index >= 15 is 0 Å². The van der Waals surface area contributed by atoms with E-state index in [0.29, 0.717) is 35.9 Å². The lowest BCUT2D eigenvalue weighted by Gasteiger charge is -2.29. The second-order valence-corrected chi connectivity index (χ2v) is 8.00. The first-order valence-electron chi connectivity index (χ1n) is 10.3. The minimum absolute atomic E-state index is 0.152. The van der Waals surface area contributed by atoms with E-state index < -0.39 is 6.10 Å². The lowest BCUT2D eigenvalue weighted by Crippen LogP contribution is -2.39. The first-order valence-corrected chi connectivity index (χ1v) is 10.3. The largest absolute Gasteiger partial charge is 0.465 e. The normalized spacial score (nSPS) is 18.8. The molecular weight excluding hydrogens is 396 g/mol. The van der Waals surface area contributed by atoms with E-state index in [1.54, 1.807) is 23.0 Å². The summed E-state index contributed by atoms with van der Waals surface area (Å²) in [6.45, 7) is 4.73. The van der Waals surface area contributed by atoms with E-state index in [4.69, 9.17) is 9.47 Å². The van der Waals surface area contributed by atoms with E-state index in [2.05, 4.69) is 4.98 Å². The molecule has 2 heterocycles. The van der Waals surface area contributed by atoms with Gasteiger partial charge in [-0.2, -0.15) is 0 Å². The van der Waals surface area contributed by atoms with Crippen LogP contribution in [0, 0.1) is 13.8 Å². The van der Waals surface area contributed by atoms with Crippen LogP contribution in [0.2, 0.25) is 0 Å². The number of esters is 1. The highest BCUT2D eigenvalue weighted by Gasteiger charge is 2.27. The molecule has 0 unspecified atom stereocenters. The van der Waals surface area contributed by atoms with Crippen molar-refractivity contribution < 1.29 is 19.4 Å². The number of carbonyl (C=O) groups excluding carboxylic acids is 1. The summed E-state index contributed by atoms with van der Waals surface area (Å²) in [5.74, 6) is -0.369. The van der Waals surface area contributed by atoms with E-state index in [1.165, 1.54) is 7.11 Å². The number of hydrogen-bond acceptors (Lipinski definition) is 6. The van der Waals surface area contributed by atoms with Crippen LogP contribution in [0.25, 0.3) is 10.9 Å². The van der Waals surface area contributed by atoms with Gasteiger partial charge in [0.25, 0.3) is 5.56 Å². The number of aliphatic hydroxyl groups is 1. The molecule has 1 N–H and O–H groups in total. The summed E-state index contributed by atoms with van der Waals surface area (Å²) in [6.07, 6.45) is 2.00. The average Bonchev–Trinajstić information content (AvgIpc) is 2.78. The molecule has 0 aliphatic carbocycles. The number of aliphatic hydroxyl groups excluding tert-OH is 1. The molecule has 162 valence electrons. The predicted octanol–water partition coefficient (Wildman–Crippen LogP) is 2.71. The Morgan fingerprint density at radius 1 is 1.26 bits per heavy atom. The Bertz CT molecular complexity index is 1180. The van der Waals surface area contributed by atoms with Crippen LogP contribution in [0.15, 0.2) is 41.5 Å². The highest BCUT2D eigenvalue weighted by Crippen LogP contribution is 2.26. The monoisotopic (exact) mass is 422 g/mol. The lowest BCUT2D eigenvalue weighted by molar-refractivity contribution is -0.0395. The summed E-state index contributed by atoms with van der Waals surface area (Å²) >= 11 is 0. The Morgan fingerprint density at radius 2 is 2.00 bits per heavy atom. The topological polar surface area (TPSA) is 90.7 Å². The zero-order valence-electron chi connectivity index (χ0n) is 17.9. The lowest BCUT2D eigenvalue weighted by atomic mass is 9.94. The quantitative estimate of drug-likeness (QED) is 0.650. The number of aromatic nitrogens is 2. The van der Waals surface area contributed by atoms with Crippen molar-refractivity contribution in [2.45, 2.75) is 38.8 Å². The van der Waals surface area contributed by atoms with Crippen molar-refractivity contribution in [3.8, 4) is 0 Å². The molecule has 0 spiro atoms. The highest BCUT2D eigenvalue weighted by atomic mass is 16.5. The Labute approximate surface area is 180 Å². The first-order chi connectivity index (χ1) is 14.9. The maximum Gasteiger partial charge on any atom is 0.337 e. The SMILES string of the molecule is COC(=O)c1ccc(Cc2cc3c(=O)n([C@H]4CCOC[C@@H]4O)cnc3c(C)c2C)cc1. The molecule has 1 saturated heterocycles.